The number of aliphatic hydroxyl groups excluding tert-OH is 1. The minimum atomic E-state index is -3.46. The Kier molecular flexibility index (Phi) is 7.44. The van der Waals surface area contributed by atoms with Crippen molar-refractivity contribution in [3.63, 3.8) is 0 Å². The van der Waals surface area contributed by atoms with E-state index in [0.29, 0.717) is 41.4 Å². The number of fused-ring (bicyclic) bond motifs is 1. The van der Waals surface area contributed by atoms with Gasteiger partial charge in [-0.15, -0.1) is 0 Å². The molecule has 178 valence electrons. The first-order valence-corrected chi connectivity index (χ1v) is 12.1. The van der Waals surface area contributed by atoms with E-state index in [1.165, 1.54) is 18.5 Å². The molecule has 1 heterocycles. The first-order valence-electron chi connectivity index (χ1n) is 10.2. The van der Waals surface area contributed by atoms with Crippen molar-refractivity contribution in [1.82, 2.24) is 5.32 Å². The maximum Gasteiger partial charge on any atom is 0.313 e. The molecule has 0 fully saturated rings. The lowest BCUT2D eigenvalue weighted by Crippen LogP contribution is -2.38. The Bertz CT molecular complexity index is 1150. The number of amides is 2. The van der Waals surface area contributed by atoms with Gasteiger partial charge in [0.1, 0.15) is 0 Å². The number of aryl methyl sites for hydroxylation is 1. The number of hydrogen-bond acceptors (Lipinski definition) is 7. The summed E-state index contributed by atoms with van der Waals surface area (Å²) < 4.78 is 35.8. The van der Waals surface area contributed by atoms with Gasteiger partial charge in [0.2, 0.25) is 10.0 Å². The van der Waals surface area contributed by atoms with E-state index in [-0.39, 0.29) is 6.54 Å². The summed E-state index contributed by atoms with van der Waals surface area (Å²) in [5.41, 5.74) is 2.12. The van der Waals surface area contributed by atoms with Crippen LogP contribution in [0.15, 0.2) is 36.4 Å². The van der Waals surface area contributed by atoms with E-state index in [0.717, 1.165) is 18.2 Å². The van der Waals surface area contributed by atoms with E-state index in [1.54, 1.807) is 36.4 Å². The molecular formula is C22H27N3O7S. The molecule has 0 saturated heterocycles. The van der Waals surface area contributed by atoms with E-state index in [9.17, 15) is 23.1 Å². The molecule has 10 nitrogen and oxygen atoms in total. The van der Waals surface area contributed by atoms with Crippen molar-refractivity contribution in [3.05, 3.63) is 47.5 Å². The molecule has 0 spiro atoms. The number of methoxy groups -OCH3 is 2. The predicted molar refractivity (Wildman–Crippen MR) is 123 cm³/mol. The van der Waals surface area contributed by atoms with Gasteiger partial charge in [0.25, 0.3) is 0 Å². The van der Waals surface area contributed by atoms with Gasteiger partial charge in [-0.2, -0.15) is 0 Å². The maximum absolute atomic E-state index is 12.3. The molecule has 0 radical (unpaired) electrons. The lowest BCUT2D eigenvalue weighted by atomic mass is 10.0. The van der Waals surface area contributed by atoms with Gasteiger partial charge in [-0.3, -0.25) is 13.9 Å². The van der Waals surface area contributed by atoms with Gasteiger partial charge >= 0.3 is 11.8 Å². The van der Waals surface area contributed by atoms with Crippen LogP contribution in [0, 0.1) is 0 Å². The SMILES string of the molecule is COc1ccc(C(O)CNC(=O)C(=O)Nc2ccc3c(c2)N(S(C)(=O)=O)CCC3)cc1OC. The summed E-state index contributed by atoms with van der Waals surface area (Å²) in [5, 5.41) is 15.2. The standard InChI is InChI=1S/C22H27N3O7S/c1-31-19-9-7-15(11-20(19)32-2)18(26)13-23-21(27)22(28)24-16-8-6-14-5-4-10-25(17(14)12-16)33(3,29)30/h6-9,11-12,18,26H,4-5,10,13H2,1-3H3,(H,23,27)(H,24,28). The number of carbonyl (C=O) groups is 2. The van der Waals surface area contributed by atoms with Crippen molar-refractivity contribution < 1.29 is 32.6 Å². The van der Waals surface area contributed by atoms with Crippen molar-refractivity contribution in [1.29, 1.82) is 0 Å². The molecule has 1 aliphatic rings. The zero-order chi connectivity index (χ0) is 24.2. The van der Waals surface area contributed by atoms with Gasteiger partial charge in [-0.25, -0.2) is 8.42 Å². The third kappa shape index (κ3) is 5.74. The van der Waals surface area contributed by atoms with Crippen molar-refractivity contribution in [2.75, 3.05) is 43.2 Å². The Morgan fingerprint density at radius 2 is 1.82 bits per heavy atom. The minimum absolute atomic E-state index is 0.201. The number of aliphatic hydroxyl groups is 1. The highest BCUT2D eigenvalue weighted by Crippen LogP contribution is 2.32. The summed E-state index contributed by atoms with van der Waals surface area (Å²) in [5.74, 6) is -0.951. The van der Waals surface area contributed by atoms with Gasteiger partial charge < -0.3 is 25.2 Å². The Morgan fingerprint density at radius 1 is 1.09 bits per heavy atom. The van der Waals surface area contributed by atoms with Crippen LogP contribution >= 0.6 is 0 Å². The van der Waals surface area contributed by atoms with Crippen molar-refractivity contribution >= 4 is 33.2 Å². The first kappa shape index (κ1) is 24.3. The zero-order valence-electron chi connectivity index (χ0n) is 18.6. The number of nitrogens with zero attached hydrogens (tertiary/aromatic N) is 1. The molecule has 1 aliphatic heterocycles. The van der Waals surface area contributed by atoms with E-state index >= 15 is 0 Å². The minimum Gasteiger partial charge on any atom is -0.493 e. The van der Waals surface area contributed by atoms with Crippen LogP contribution in [0.3, 0.4) is 0 Å². The lowest BCUT2D eigenvalue weighted by molar-refractivity contribution is -0.136. The second-order valence-electron chi connectivity index (χ2n) is 7.58. The Morgan fingerprint density at radius 3 is 2.48 bits per heavy atom. The summed E-state index contributed by atoms with van der Waals surface area (Å²) in [6, 6.07) is 9.73. The summed E-state index contributed by atoms with van der Waals surface area (Å²) >= 11 is 0. The van der Waals surface area contributed by atoms with E-state index in [1.807, 2.05) is 0 Å². The molecule has 0 saturated carbocycles. The molecule has 0 aliphatic carbocycles. The van der Waals surface area contributed by atoms with Crippen LogP contribution in [0.4, 0.5) is 11.4 Å². The topological polar surface area (TPSA) is 134 Å². The Labute approximate surface area is 192 Å². The van der Waals surface area contributed by atoms with Crippen LogP contribution in [-0.2, 0) is 26.0 Å². The number of benzene rings is 2. The van der Waals surface area contributed by atoms with Gasteiger partial charge in [0.15, 0.2) is 11.5 Å². The number of anilines is 2. The summed E-state index contributed by atoms with van der Waals surface area (Å²) in [6.45, 7) is 0.158. The van der Waals surface area contributed by atoms with Gasteiger partial charge in [0.05, 0.1) is 32.3 Å². The van der Waals surface area contributed by atoms with Crippen LogP contribution in [-0.4, -0.2) is 58.9 Å². The smallest absolute Gasteiger partial charge is 0.313 e. The second-order valence-corrected chi connectivity index (χ2v) is 9.48. The highest BCUT2D eigenvalue weighted by atomic mass is 32.2. The normalized spacial score (nSPS) is 14.1. The molecule has 2 aromatic carbocycles. The molecule has 3 N–H and O–H groups in total. The maximum atomic E-state index is 12.3. The van der Waals surface area contributed by atoms with Gasteiger partial charge in [-0.1, -0.05) is 12.1 Å². The van der Waals surface area contributed by atoms with Crippen LogP contribution in [0.25, 0.3) is 0 Å². The zero-order valence-corrected chi connectivity index (χ0v) is 19.4. The molecule has 11 heteroatoms. The molecule has 1 atom stereocenters. The van der Waals surface area contributed by atoms with Crippen LogP contribution < -0.4 is 24.4 Å². The van der Waals surface area contributed by atoms with E-state index in [2.05, 4.69) is 10.6 Å². The third-order valence-corrected chi connectivity index (χ3v) is 6.45. The second kappa shape index (κ2) is 10.1. The van der Waals surface area contributed by atoms with E-state index < -0.39 is 27.9 Å². The lowest BCUT2D eigenvalue weighted by Gasteiger charge is -2.29. The predicted octanol–water partition coefficient (Wildman–Crippen LogP) is 1.20. The summed E-state index contributed by atoms with van der Waals surface area (Å²) in [7, 11) is -0.496. The molecule has 1 unspecified atom stereocenters. The molecule has 3 rings (SSSR count). The van der Waals surface area contributed by atoms with Gasteiger partial charge in [0, 0.05) is 18.8 Å². The first-order chi connectivity index (χ1) is 15.6. The molecule has 2 aromatic rings. The number of rotatable bonds is 7. The fraction of sp³-hybridized carbons (Fsp3) is 0.364. The van der Waals surface area contributed by atoms with Crippen LogP contribution in [0.5, 0.6) is 11.5 Å². The monoisotopic (exact) mass is 477 g/mol. The van der Waals surface area contributed by atoms with Crippen molar-refractivity contribution in [3.8, 4) is 11.5 Å². The quantitative estimate of drug-likeness (QED) is 0.510. The highest BCUT2D eigenvalue weighted by Gasteiger charge is 2.25. The van der Waals surface area contributed by atoms with Crippen molar-refractivity contribution in [2.24, 2.45) is 0 Å². The number of sulfonamides is 1. The Hall–Kier alpha value is -3.31. The molecular weight excluding hydrogens is 450 g/mol. The van der Waals surface area contributed by atoms with Crippen LogP contribution in [0.2, 0.25) is 0 Å². The number of ether oxygens (including phenoxy) is 2. The van der Waals surface area contributed by atoms with Crippen molar-refractivity contribution in [2.45, 2.75) is 18.9 Å². The number of carbonyl (C=O) groups excluding carboxylic acids is 2. The summed E-state index contributed by atoms with van der Waals surface area (Å²) in [4.78, 5) is 24.6. The fourth-order valence-electron chi connectivity index (χ4n) is 3.60. The van der Waals surface area contributed by atoms with E-state index in [4.69, 9.17) is 9.47 Å². The average Bonchev–Trinajstić information content (AvgIpc) is 2.80. The third-order valence-electron chi connectivity index (χ3n) is 5.27. The molecule has 33 heavy (non-hydrogen) atoms. The van der Waals surface area contributed by atoms with Gasteiger partial charge in [-0.05, 0) is 48.2 Å². The molecule has 0 bridgehead atoms. The van der Waals surface area contributed by atoms with Crippen LogP contribution in [0.1, 0.15) is 23.7 Å². The largest absolute Gasteiger partial charge is 0.493 e. The Balaban J connectivity index is 1.63. The molecule has 2 amide bonds. The average molecular weight is 478 g/mol. The highest BCUT2D eigenvalue weighted by molar-refractivity contribution is 7.92. The number of hydrogen-bond donors (Lipinski definition) is 3. The molecule has 0 aromatic heterocycles. The summed E-state index contributed by atoms with van der Waals surface area (Å²) in [6.07, 6.45) is 1.49. The fourth-order valence-corrected chi connectivity index (χ4v) is 4.59. The number of nitrogens with one attached hydrogen (secondary N) is 2.